The van der Waals surface area contributed by atoms with Crippen molar-refractivity contribution in [3.05, 3.63) is 62.4 Å². The highest BCUT2D eigenvalue weighted by atomic mass is 127. The minimum atomic E-state index is -0.468. The lowest BCUT2D eigenvalue weighted by Gasteiger charge is -2.12. The molecule has 0 spiro atoms. The third kappa shape index (κ3) is 3.90. The number of methoxy groups -OCH3 is 1. The molecule has 0 bridgehead atoms. The predicted octanol–water partition coefficient (Wildman–Crippen LogP) is 4.35. The first-order chi connectivity index (χ1) is 12.5. The van der Waals surface area contributed by atoms with E-state index in [0.29, 0.717) is 24.0 Å². The average molecular weight is 463 g/mol. The van der Waals surface area contributed by atoms with Crippen molar-refractivity contribution in [2.24, 2.45) is 4.99 Å². The molecule has 1 aliphatic heterocycles. The molecule has 0 unspecified atom stereocenters. The van der Waals surface area contributed by atoms with Crippen molar-refractivity contribution in [1.82, 2.24) is 0 Å². The summed E-state index contributed by atoms with van der Waals surface area (Å²) in [7, 11) is 1.60. The first-order valence-electron chi connectivity index (χ1n) is 8.11. The van der Waals surface area contributed by atoms with Crippen LogP contribution >= 0.6 is 22.6 Å². The summed E-state index contributed by atoms with van der Waals surface area (Å²) in [4.78, 5) is 16.5. The fourth-order valence-electron chi connectivity index (χ4n) is 2.52. The molecule has 3 rings (SSSR count). The minimum Gasteiger partial charge on any atom is -0.492 e. The van der Waals surface area contributed by atoms with Crippen molar-refractivity contribution in [1.29, 1.82) is 0 Å². The number of hydrogen-bond acceptors (Lipinski definition) is 5. The number of aryl methyl sites for hydroxylation is 1. The van der Waals surface area contributed by atoms with Crippen LogP contribution in [-0.4, -0.2) is 25.6 Å². The molecule has 0 N–H and O–H groups in total. The molecule has 26 heavy (non-hydrogen) atoms. The van der Waals surface area contributed by atoms with Gasteiger partial charge in [-0.15, -0.1) is 0 Å². The molecule has 0 fully saturated rings. The normalized spacial score (nSPS) is 15.0. The lowest BCUT2D eigenvalue weighted by atomic mass is 10.1. The zero-order valence-corrected chi connectivity index (χ0v) is 16.9. The van der Waals surface area contributed by atoms with Gasteiger partial charge < -0.3 is 14.2 Å². The maximum absolute atomic E-state index is 12.2. The van der Waals surface area contributed by atoms with Crippen LogP contribution in [0.1, 0.15) is 23.6 Å². The number of benzene rings is 2. The number of cyclic esters (lactones) is 1. The number of carbonyl (C=O) groups excluding carboxylic acids is 1. The Hall–Kier alpha value is -2.35. The summed E-state index contributed by atoms with van der Waals surface area (Å²) in [5.74, 6) is 1.15. The molecule has 0 aromatic heterocycles. The Morgan fingerprint density at radius 2 is 1.96 bits per heavy atom. The lowest BCUT2D eigenvalue weighted by molar-refractivity contribution is -0.129. The minimum absolute atomic E-state index is 0.254. The fraction of sp³-hybridized carbons (Fsp3) is 0.200. The van der Waals surface area contributed by atoms with Gasteiger partial charge in [0, 0.05) is 5.56 Å². The Balaban J connectivity index is 1.96. The Morgan fingerprint density at radius 1 is 1.23 bits per heavy atom. The first kappa shape index (κ1) is 18.4. The van der Waals surface area contributed by atoms with Crippen LogP contribution in [0.25, 0.3) is 6.08 Å². The average Bonchev–Trinajstić information content (AvgIpc) is 2.96. The SMILES string of the molecule is CCOc1cc(C=C2N=C(c3ccc(C)cc3)OC2=O)cc(I)c1OC. The third-order valence-corrected chi connectivity index (χ3v) is 4.56. The molecule has 5 nitrogen and oxygen atoms in total. The molecule has 0 saturated carbocycles. The molecule has 1 heterocycles. The number of halogens is 1. The van der Waals surface area contributed by atoms with E-state index in [2.05, 4.69) is 27.6 Å². The number of carbonyl (C=O) groups is 1. The predicted molar refractivity (Wildman–Crippen MR) is 109 cm³/mol. The standard InChI is InChI=1S/C20H18INO4/c1-4-25-17-11-13(9-15(21)18(17)24-3)10-16-20(23)26-19(22-16)14-7-5-12(2)6-8-14/h5-11H,4H2,1-3H3. The second-order valence-corrected chi connectivity index (χ2v) is 6.83. The van der Waals surface area contributed by atoms with Crippen molar-refractivity contribution >= 4 is 40.5 Å². The Bertz CT molecular complexity index is 901. The quantitative estimate of drug-likeness (QED) is 0.376. The fourth-order valence-corrected chi connectivity index (χ4v) is 3.36. The third-order valence-electron chi connectivity index (χ3n) is 3.76. The van der Waals surface area contributed by atoms with Gasteiger partial charge in [0.15, 0.2) is 17.2 Å². The Kier molecular flexibility index (Phi) is 5.61. The van der Waals surface area contributed by atoms with Gasteiger partial charge in [0.25, 0.3) is 0 Å². The second-order valence-electron chi connectivity index (χ2n) is 5.67. The van der Waals surface area contributed by atoms with Crippen molar-refractivity contribution in [3.63, 3.8) is 0 Å². The summed E-state index contributed by atoms with van der Waals surface area (Å²) in [6, 6.07) is 11.4. The number of hydrogen-bond donors (Lipinski definition) is 0. The van der Waals surface area contributed by atoms with Crippen LogP contribution in [0.3, 0.4) is 0 Å². The van der Waals surface area contributed by atoms with E-state index in [0.717, 1.165) is 20.3 Å². The highest BCUT2D eigenvalue weighted by molar-refractivity contribution is 14.1. The summed E-state index contributed by atoms with van der Waals surface area (Å²) in [6.45, 7) is 4.42. The number of ether oxygens (including phenoxy) is 3. The van der Waals surface area contributed by atoms with Crippen LogP contribution in [0.4, 0.5) is 0 Å². The molecule has 2 aromatic rings. The van der Waals surface area contributed by atoms with Crippen molar-refractivity contribution in [2.75, 3.05) is 13.7 Å². The van der Waals surface area contributed by atoms with Gasteiger partial charge in [-0.2, -0.15) is 0 Å². The van der Waals surface area contributed by atoms with Crippen molar-refractivity contribution < 1.29 is 19.0 Å². The highest BCUT2D eigenvalue weighted by Gasteiger charge is 2.24. The molecule has 6 heteroatoms. The van der Waals surface area contributed by atoms with E-state index in [9.17, 15) is 4.79 Å². The molecule has 0 radical (unpaired) electrons. The van der Waals surface area contributed by atoms with Gasteiger partial charge in [-0.3, -0.25) is 0 Å². The van der Waals surface area contributed by atoms with Crippen LogP contribution in [0, 0.1) is 10.5 Å². The van der Waals surface area contributed by atoms with Gasteiger partial charge in [0.05, 0.1) is 17.3 Å². The van der Waals surface area contributed by atoms with Crippen molar-refractivity contribution in [3.8, 4) is 11.5 Å². The molecular weight excluding hydrogens is 445 g/mol. The maximum Gasteiger partial charge on any atom is 0.363 e. The number of rotatable bonds is 5. The summed E-state index contributed by atoms with van der Waals surface area (Å²) in [5, 5.41) is 0. The van der Waals surface area contributed by atoms with E-state index in [4.69, 9.17) is 14.2 Å². The molecule has 134 valence electrons. The molecule has 2 aromatic carbocycles. The molecule has 0 saturated heterocycles. The molecule has 0 amide bonds. The van der Waals surface area contributed by atoms with E-state index in [1.807, 2.05) is 50.2 Å². The number of esters is 1. The van der Waals surface area contributed by atoms with Crippen LogP contribution < -0.4 is 9.47 Å². The largest absolute Gasteiger partial charge is 0.492 e. The van der Waals surface area contributed by atoms with Gasteiger partial charge in [-0.1, -0.05) is 17.7 Å². The van der Waals surface area contributed by atoms with Crippen LogP contribution in [0.5, 0.6) is 11.5 Å². The van der Waals surface area contributed by atoms with E-state index >= 15 is 0 Å². The molecule has 0 aliphatic carbocycles. The van der Waals surface area contributed by atoms with Crippen LogP contribution in [0.2, 0.25) is 0 Å². The van der Waals surface area contributed by atoms with Gasteiger partial charge in [0.1, 0.15) is 0 Å². The summed E-state index contributed by atoms with van der Waals surface area (Å²) >= 11 is 2.17. The highest BCUT2D eigenvalue weighted by Crippen LogP contribution is 2.35. The van der Waals surface area contributed by atoms with Crippen molar-refractivity contribution in [2.45, 2.75) is 13.8 Å². The zero-order chi connectivity index (χ0) is 18.7. The van der Waals surface area contributed by atoms with Gasteiger partial charge >= 0.3 is 5.97 Å². The van der Waals surface area contributed by atoms with E-state index in [1.54, 1.807) is 13.2 Å². The molecule has 0 atom stereocenters. The molecule has 1 aliphatic rings. The van der Waals surface area contributed by atoms with E-state index in [-0.39, 0.29) is 5.70 Å². The maximum atomic E-state index is 12.2. The molecular formula is C20H18INO4. The van der Waals surface area contributed by atoms with Gasteiger partial charge in [-0.05, 0) is 72.3 Å². The zero-order valence-electron chi connectivity index (χ0n) is 14.7. The van der Waals surface area contributed by atoms with Crippen LogP contribution in [0.15, 0.2) is 47.1 Å². The topological polar surface area (TPSA) is 57.1 Å². The summed E-state index contributed by atoms with van der Waals surface area (Å²) in [5.41, 5.74) is 2.95. The monoisotopic (exact) mass is 463 g/mol. The second kappa shape index (κ2) is 7.90. The Labute approximate surface area is 165 Å². The van der Waals surface area contributed by atoms with Crippen LogP contribution in [-0.2, 0) is 9.53 Å². The van der Waals surface area contributed by atoms with E-state index in [1.165, 1.54) is 0 Å². The Morgan fingerprint density at radius 3 is 2.62 bits per heavy atom. The number of aliphatic imine (C=N–C) groups is 1. The smallest absolute Gasteiger partial charge is 0.363 e. The first-order valence-corrected chi connectivity index (χ1v) is 9.19. The summed E-state index contributed by atoms with van der Waals surface area (Å²) < 4.78 is 17.2. The lowest BCUT2D eigenvalue weighted by Crippen LogP contribution is -2.05. The van der Waals surface area contributed by atoms with Gasteiger partial charge in [-0.25, -0.2) is 9.79 Å². The van der Waals surface area contributed by atoms with Gasteiger partial charge in [0.2, 0.25) is 5.90 Å². The number of nitrogens with zero attached hydrogens (tertiary/aromatic N) is 1. The summed E-state index contributed by atoms with van der Waals surface area (Å²) in [6.07, 6.45) is 1.69. The van der Waals surface area contributed by atoms with E-state index < -0.39 is 5.97 Å².